The van der Waals surface area contributed by atoms with Gasteiger partial charge < -0.3 is 13.9 Å². The van der Waals surface area contributed by atoms with Crippen molar-refractivity contribution in [3.05, 3.63) is 176 Å². The number of ether oxygens (including phenoxy) is 1. The number of pyridine rings is 1. The third-order valence-corrected chi connectivity index (χ3v) is 19.4. The molecule has 2 aliphatic rings. The van der Waals surface area contributed by atoms with E-state index in [4.69, 9.17) is 9.72 Å². The molecule has 0 bridgehead atoms. The van der Waals surface area contributed by atoms with Crippen LogP contribution in [0.1, 0.15) is 27.7 Å². The fraction of sp³-hybridized carbons (Fsp3) is 0.111. The van der Waals surface area contributed by atoms with Crippen molar-refractivity contribution in [1.29, 1.82) is 0 Å². The molecule has 0 radical (unpaired) electrons. The van der Waals surface area contributed by atoms with E-state index in [0.29, 0.717) is 22.6 Å². The van der Waals surface area contributed by atoms with Gasteiger partial charge in [0.2, 0.25) is 0 Å². The number of imidazole rings is 1. The smallest absolute Gasteiger partial charge is 0.268 e. The quantitative estimate of drug-likeness (QED) is 0.0979. The zero-order valence-corrected chi connectivity index (χ0v) is 37.5. The van der Waals surface area contributed by atoms with Crippen LogP contribution in [0.3, 0.4) is 0 Å². The Labute approximate surface area is 370 Å². The standard InChI is InChI=1S/C54H40N4OSi.Pt/c1-34(2)60(35(3)4)50-26-13-23-46-44-29-28-38(32-49(44)58(53(46)50)54-51(60)27-14-30-55-54)59-37-16-11-15-36(31-37)56-33-57-47-24-10-9-21-43(47)41-19-7-5-17-39(41)40-18-6-8-20-42(40)45-22-12-25-48(56)52(45)57;/h5-30,34-35H,1-4H3;/q-2;. The molecule has 10 aromatic rings. The first-order valence-corrected chi connectivity index (χ1v) is 23.0. The van der Waals surface area contributed by atoms with Crippen molar-refractivity contribution in [2.24, 2.45) is 0 Å². The second kappa shape index (κ2) is 14.1. The molecule has 3 aromatic heterocycles. The van der Waals surface area contributed by atoms with Crippen molar-refractivity contribution in [3.8, 4) is 62.1 Å². The molecular weight excluding hydrogens is 944 g/mol. The summed E-state index contributed by atoms with van der Waals surface area (Å²) in [6, 6.07) is 61.6. The first kappa shape index (κ1) is 37.6. The van der Waals surface area contributed by atoms with Crippen LogP contribution in [0.4, 0.5) is 0 Å². The van der Waals surface area contributed by atoms with Crippen LogP contribution < -0.4 is 19.7 Å². The Bertz CT molecular complexity index is 3390. The molecule has 12 rings (SSSR count). The molecule has 7 aromatic carbocycles. The Morgan fingerprint density at radius 3 is 1.95 bits per heavy atom. The van der Waals surface area contributed by atoms with Gasteiger partial charge in [0.25, 0.3) is 6.33 Å². The first-order chi connectivity index (χ1) is 29.4. The predicted molar refractivity (Wildman–Crippen MR) is 245 cm³/mol. The van der Waals surface area contributed by atoms with Gasteiger partial charge in [-0.25, -0.2) is 4.98 Å². The summed E-state index contributed by atoms with van der Waals surface area (Å²) in [7, 11) is -2.21. The first-order valence-electron chi connectivity index (χ1n) is 20.9. The molecule has 0 aliphatic carbocycles. The van der Waals surface area contributed by atoms with E-state index in [-0.39, 0.29) is 21.1 Å². The van der Waals surface area contributed by atoms with Gasteiger partial charge in [-0.2, -0.15) is 18.2 Å². The molecule has 0 amide bonds. The fourth-order valence-electron chi connectivity index (χ4n) is 10.8. The molecule has 0 atom stereocenters. The molecule has 0 unspecified atom stereocenters. The SMILES string of the molecule is CC(C)[Si]1(C(C)C)c2cccnc2-n2c3[c-]c(Oc4[c-]c(-n5[c-][n+]6c7c(cccc75)-c5ccccc5-c5ccccc5-c5ccccc5-6)ccc4)ccc3c3cccc1c32.[Pt]. The number of para-hydroxylation sites is 3. The summed E-state index contributed by atoms with van der Waals surface area (Å²) in [4.78, 5) is 5.11. The minimum Gasteiger partial charge on any atom is -0.510 e. The Kier molecular flexibility index (Phi) is 8.72. The molecule has 0 spiro atoms. The number of benzene rings is 7. The van der Waals surface area contributed by atoms with Crippen LogP contribution in [0.2, 0.25) is 11.1 Å². The number of hydrogen-bond donors (Lipinski definition) is 0. The Balaban J connectivity index is 0.00000420. The second-order valence-electron chi connectivity index (χ2n) is 16.7. The zero-order valence-electron chi connectivity index (χ0n) is 34.2. The fourth-order valence-corrected chi connectivity index (χ4v) is 16.8. The average Bonchev–Trinajstić information content (AvgIpc) is 3.84. The number of nitrogens with zero attached hydrogens (tertiary/aromatic N) is 4. The summed E-state index contributed by atoms with van der Waals surface area (Å²) in [6.45, 7) is 9.63. The molecule has 0 saturated heterocycles. The summed E-state index contributed by atoms with van der Waals surface area (Å²) in [6.07, 6.45) is 5.71. The van der Waals surface area contributed by atoms with Crippen LogP contribution in [-0.2, 0) is 21.1 Å². The number of fused-ring (bicyclic) bond motifs is 12. The van der Waals surface area contributed by atoms with E-state index >= 15 is 0 Å². The van der Waals surface area contributed by atoms with Gasteiger partial charge in [0.1, 0.15) is 13.9 Å². The van der Waals surface area contributed by atoms with Gasteiger partial charge in [-0.05, 0) is 78.0 Å². The van der Waals surface area contributed by atoms with E-state index in [0.717, 1.165) is 50.3 Å². The van der Waals surface area contributed by atoms with E-state index in [1.165, 1.54) is 43.5 Å². The normalized spacial score (nSPS) is 13.2. The van der Waals surface area contributed by atoms with E-state index in [1.807, 2.05) is 24.4 Å². The van der Waals surface area contributed by atoms with E-state index in [2.05, 4.69) is 193 Å². The van der Waals surface area contributed by atoms with E-state index < -0.39 is 8.07 Å². The molecule has 0 saturated carbocycles. The van der Waals surface area contributed by atoms with Gasteiger partial charge in [0, 0.05) is 44.3 Å². The Morgan fingerprint density at radius 1 is 0.574 bits per heavy atom. The van der Waals surface area contributed by atoms with Crippen molar-refractivity contribution < 1.29 is 30.4 Å². The molecule has 298 valence electrons. The van der Waals surface area contributed by atoms with Gasteiger partial charge in [-0.1, -0.05) is 142 Å². The summed E-state index contributed by atoms with van der Waals surface area (Å²) in [5, 5.41) is 5.27. The summed E-state index contributed by atoms with van der Waals surface area (Å²) in [5.41, 5.74) is 14.3. The maximum Gasteiger partial charge on any atom is 0.268 e. The maximum atomic E-state index is 6.71. The van der Waals surface area contributed by atoms with Crippen LogP contribution in [0, 0.1) is 18.5 Å². The maximum absolute atomic E-state index is 6.71. The van der Waals surface area contributed by atoms with Crippen molar-refractivity contribution >= 4 is 51.3 Å². The second-order valence-corrected chi connectivity index (χ2v) is 21.9. The van der Waals surface area contributed by atoms with Gasteiger partial charge in [0.15, 0.2) is 0 Å². The van der Waals surface area contributed by atoms with Crippen LogP contribution >= 0.6 is 0 Å². The number of aromatic nitrogens is 4. The summed E-state index contributed by atoms with van der Waals surface area (Å²) >= 11 is 0. The van der Waals surface area contributed by atoms with Gasteiger partial charge in [0.05, 0.1) is 16.7 Å². The Morgan fingerprint density at radius 2 is 1.20 bits per heavy atom. The van der Waals surface area contributed by atoms with Crippen LogP contribution in [0.25, 0.3) is 83.4 Å². The monoisotopic (exact) mass is 983 g/mol. The molecule has 7 heteroatoms. The minimum absolute atomic E-state index is 0. The molecular formula is C54H40N4OPtSi-2. The number of rotatable bonds is 5. The Hall–Kier alpha value is -6.33. The van der Waals surface area contributed by atoms with Gasteiger partial charge >= 0.3 is 0 Å². The zero-order chi connectivity index (χ0) is 40.3. The molecule has 2 aliphatic heterocycles. The summed E-state index contributed by atoms with van der Waals surface area (Å²) < 4.78 is 13.4. The third kappa shape index (κ3) is 5.28. The van der Waals surface area contributed by atoms with Crippen LogP contribution in [0.5, 0.6) is 11.5 Å². The van der Waals surface area contributed by atoms with Crippen molar-refractivity contribution in [1.82, 2.24) is 14.1 Å². The minimum atomic E-state index is -2.21. The van der Waals surface area contributed by atoms with E-state index in [1.54, 1.807) is 0 Å². The predicted octanol–water partition coefficient (Wildman–Crippen LogP) is 11.6. The van der Waals surface area contributed by atoms with Crippen molar-refractivity contribution in [2.45, 2.75) is 38.8 Å². The van der Waals surface area contributed by atoms with Crippen molar-refractivity contribution in [3.63, 3.8) is 0 Å². The summed E-state index contributed by atoms with van der Waals surface area (Å²) in [5.74, 6) is 2.25. The molecule has 0 N–H and O–H groups in total. The topological polar surface area (TPSA) is 35.9 Å². The molecule has 0 fully saturated rings. The number of hydrogen-bond acceptors (Lipinski definition) is 2. The largest absolute Gasteiger partial charge is 0.510 e. The van der Waals surface area contributed by atoms with Gasteiger partial charge in [-0.15, -0.1) is 29.7 Å². The van der Waals surface area contributed by atoms with Crippen LogP contribution in [-0.4, -0.2) is 22.2 Å². The third-order valence-electron chi connectivity index (χ3n) is 13.1. The van der Waals surface area contributed by atoms with Crippen LogP contribution in [0.15, 0.2) is 158 Å². The van der Waals surface area contributed by atoms with Gasteiger partial charge in [-0.3, -0.25) is 4.57 Å². The molecule has 61 heavy (non-hydrogen) atoms. The van der Waals surface area contributed by atoms with E-state index in [9.17, 15) is 0 Å². The average molecular weight is 984 g/mol. The van der Waals surface area contributed by atoms with Crippen molar-refractivity contribution in [2.75, 3.05) is 0 Å². The molecule has 5 heterocycles. The molecule has 5 nitrogen and oxygen atoms in total.